The van der Waals surface area contributed by atoms with Gasteiger partial charge in [0.2, 0.25) is 0 Å². The van der Waals surface area contributed by atoms with Crippen LogP contribution < -0.4 is 5.32 Å². The second-order valence-electron chi connectivity index (χ2n) is 4.22. The summed E-state index contributed by atoms with van der Waals surface area (Å²) < 4.78 is 2.14. The molecule has 0 amide bonds. The summed E-state index contributed by atoms with van der Waals surface area (Å²) in [7, 11) is 0. The van der Waals surface area contributed by atoms with E-state index in [1.54, 1.807) is 0 Å². The summed E-state index contributed by atoms with van der Waals surface area (Å²) in [5.41, 5.74) is 2.11. The van der Waals surface area contributed by atoms with Crippen molar-refractivity contribution in [3.8, 4) is 6.07 Å². The minimum absolute atomic E-state index is 0.169. The molecule has 0 bridgehead atoms. The highest BCUT2D eigenvalue weighted by Crippen LogP contribution is 2.16. The number of para-hydroxylation sites is 2. The first-order chi connectivity index (χ1) is 8.80. The fourth-order valence-electron chi connectivity index (χ4n) is 2.18. The first-order valence-corrected chi connectivity index (χ1v) is 6.37. The molecule has 0 aliphatic heterocycles. The highest BCUT2D eigenvalue weighted by molar-refractivity contribution is 5.75. The van der Waals surface area contributed by atoms with E-state index in [4.69, 9.17) is 5.26 Å². The van der Waals surface area contributed by atoms with Crippen molar-refractivity contribution in [2.24, 2.45) is 0 Å². The van der Waals surface area contributed by atoms with E-state index < -0.39 is 0 Å². The molecule has 4 heteroatoms. The second-order valence-corrected chi connectivity index (χ2v) is 4.22. The minimum Gasteiger partial charge on any atom is -0.325 e. The number of aromatic nitrogens is 2. The predicted molar refractivity (Wildman–Crippen MR) is 72.2 cm³/mol. The van der Waals surface area contributed by atoms with Gasteiger partial charge in [0, 0.05) is 6.42 Å². The van der Waals surface area contributed by atoms with Gasteiger partial charge in [0.1, 0.15) is 11.9 Å². The van der Waals surface area contributed by atoms with Crippen LogP contribution in [0.4, 0.5) is 0 Å². The van der Waals surface area contributed by atoms with Crippen LogP contribution in [0.3, 0.4) is 0 Å². The number of nitriles is 1. The van der Waals surface area contributed by atoms with E-state index in [1.165, 1.54) is 0 Å². The highest BCUT2D eigenvalue weighted by atomic mass is 15.1. The third-order valence-electron chi connectivity index (χ3n) is 3.02. The lowest BCUT2D eigenvalue weighted by atomic mass is 10.2. The Hall–Kier alpha value is -1.86. The van der Waals surface area contributed by atoms with Gasteiger partial charge >= 0.3 is 0 Å². The number of imidazole rings is 1. The Balaban J connectivity index is 2.39. The van der Waals surface area contributed by atoms with Crippen LogP contribution in [0.1, 0.15) is 19.7 Å². The summed E-state index contributed by atoms with van der Waals surface area (Å²) in [6, 6.07) is 10.2. The lowest BCUT2D eigenvalue weighted by Gasteiger charge is -2.13. The maximum atomic E-state index is 9.15. The Kier molecular flexibility index (Phi) is 3.96. The molecule has 0 spiro atoms. The van der Waals surface area contributed by atoms with Crippen molar-refractivity contribution < 1.29 is 0 Å². The van der Waals surface area contributed by atoms with Crippen LogP contribution in [-0.4, -0.2) is 22.1 Å². The van der Waals surface area contributed by atoms with Gasteiger partial charge in [0.25, 0.3) is 0 Å². The van der Waals surface area contributed by atoms with Crippen molar-refractivity contribution >= 4 is 11.0 Å². The number of nitrogens with zero attached hydrogens (tertiary/aromatic N) is 3. The number of rotatable bonds is 5. The molecule has 0 fully saturated rings. The van der Waals surface area contributed by atoms with Gasteiger partial charge in [-0.15, -0.1) is 0 Å². The molecular formula is C14H18N4. The van der Waals surface area contributed by atoms with Crippen LogP contribution in [-0.2, 0) is 13.0 Å². The van der Waals surface area contributed by atoms with Crippen molar-refractivity contribution in [3.05, 3.63) is 30.1 Å². The summed E-state index contributed by atoms with van der Waals surface area (Å²) in [5.74, 6) is 1.04. The van der Waals surface area contributed by atoms with Crippen molar-refractivity contribution in [1.29, 1.82) is 5.26 Å². The Bertz CT molecular complexity index is 565. The largest absolute Gasteiger partial charge is 0.325 e. The molecule has 2 aromatic rings. The molecule has 0 aliphatic rings. The summed E-state index contributed by atoms with van der Waals surface area (Å²) >= 11 is 0. The molecular weight excluding hydrogens is 224 g/mol. The first-order valence-electron chi connectivity index (χ1n) is 6.37. The number of nitrogens with one attached hydrogen (secondary N) is 1. The smallest absolute Gasteiger partial charge is 0.113 e. The van der Waals surface area contributed by atoms with Gasteiger partial charge in [-0.05, 0) is 18.7 Å². The van der Waals surface area contributed by atoms with Crippen LogP contribution in [0.25, 0.3) is 11.0 Å². The quantitative estimate of drug-likeness (QED) is 0.873. The summed E-state index contributed by atoms with van der Waals surface area (Å²) in [6.45, 7) is 5.55. The first kappa shape index (κ1) is 12.6. The van der Waals surface area contributed by atoms with E-state index in [2.05, 4.69) is 33.9 Å². The molecule has 94 valence electrons. The number of hydrogen-bond donors (Lipinski definition) is 1. The number of likely N-dealkylation sites (N-methyl/N-ethyl adjacent to an activating group) is 1. The molecule has 1 aromatic heterocycles. The van der Waals surface area contributed by atoms with Gasteiger partial charge in [-0.3, -0.25) is 0 Å². The van der Waals surface area contributed by atoms with Crippen LogP contribution in [0, 0.1) is 11.3 Å². The normalized spacial score (nSPS) is 12.5. The number of benzene rings is 1. The molecule has 1 atom stereocenters. The van der Waals surface area contributed by atoms with Gasteiger partial charge < -0.3 is 9.88 Å². The molecule has 1 heterocycles. The summed E-state index contributed by atoms with van der Waals surface area (Å²) in [5, 5.41) is 12.3. The van der Waals surface area contributed by atoms with E-state index in [9.17, 15) is 0 Å². The minimum atomic E-state index is -0.169. The molecule has 0 radical (unpaired) electrons. The average molecular weight is 242 g/mol. The molecule has 0 aliphatic carbocycles. The van der Waals surface area contributed by atoms with Gasteiger partial charge in [0.05, 0.1) is 23.6 Å². The summed E-state index contributed by atoms with van der Waals surface area (Å²) in [6.07, 6.45) is 0.874. The Labute approximate surface area is 107 Å². The lowest BCUT2D eigenvalue weighted by Crippen LogP contribution is -2.32. The molecule has 4 nitrogen and oxygen atoms in total. The second kappa shape index (κ2) is 5.65. The van der Waals surface area contributed by atoms with Crippen LogP contribution >= 0.6 is 0 Å². The number of hydrogen-bond acceptors (Lipinski definition) is 3. The fraction of sp³-hybridized carbons (Fsp3) is 0.429. The van der Waals surface area contributed by atoms with E-state index in [0.717, 1.165) is 29.8 Å². The SMILES string of the molecule is CCNC(C#N)Cn1c(CC)nc2ccccc21. The maximum Gasteiger partial charge on any atom is 0.113 e. The van der Waals surface area contributed by atoms with E-state index in [0.29, 0.717) is 6.54 Å². The molecule has 18 heavy (non-hydrogen) atoms. The highest BCUT2D eigenvalue weighted by Gasteiger charge is 2.13. The van der Waals surface area contributed by atoms with Gasteiger partial charge in [-0.25, -0.2) is 4.98 Å². The van der Waals surface area contributed by atoms with Crippen molar-refractivity contribution in [3.63, 3.8) is 0 Å². The number of aryl methyl sites for hydroxylation is 1. The van der Waals surface area contributed by atoms with E-state index in [-0.39, 0.29) is 6.04 Å². The van der Waals surface area contributed by atoms with Crippen molar-refractivity contribution in [2.75, 3.05) is 6.54 Å². The molecule has 2 rings (SSSR count). The van der Waals surface area contributed by atoms with Gasteiger partial charge in [-0.2, -0.15) is 5.26 Å². The van der Waals surface area contributed by atoms with Gasteiger partial charge in [0.15, 0.2) is 0 Å². The lowest BCUT2D eigenvalue weighted by molar-refractivity contribution is 0.532. The monoisotopic (exact) mass is 242 g/mol. The molecule has 1 aromatic carbocycles. The van der Waals surface area contributed by atoms with Crippen LogP contribution in [0.15, 0.2) is 24.3 Å². The topological polar surface area (TPSA) is 53.6 Å². The van der Waals surface area contributed by atoms with Crippen LogP contribution in [0.2, 0.25) is 0 Å². The zero-order valence-electron chi connectivity index (χ0n) is 10.8. The Morgan fingerprint density at radius 1 is 1.39 bits per heavy atom. The third kappa shape index (κ3) is 2.36. The van der Waals surface area contributed by atoms with E-state index >= 15 is 0 Å². The zero-order chi connectivity index (χ0) is 13.0. The fourth-order valence-corrected chi connectivity index (χ4v) is 2.18. The molecule has 1 N–H and O–H groups in total. The molecule has 1 unspecified atom stereocenters. The average Bonchev–Trinajstić information content (AvgIpc) is 2.76. The van der Waals surface area contributed by atoms with E-state index in [1.807, 2.05) is 25.1 Å². The maximum absolute atomic E-state index is 9.15. The predicted octanol–water partition coefficient (Wildman–Crippen LogP) is 2.10. The standard InChI is InChI=1S/C14H18N4/c1-3-14-17-12-7-5-6-8-13(12)18(14)10-11(9-15)16-4-2/h5-8,11,16H,3-4,10H2,1-2H3. The van der Waals surface area contributed by atoms with Crippen LogP contribution in [0.5, 0.6) is 0 Å². The zero-order valence-corrected chi connectivity index (χ0v) is 10.8. The van der Waals surface area contributed by atoms with Crippen molar-refractivity contribution in [2.45, 2.75) is 32.9 Å². The third-order valence-corrected chi connectivity index (χ3v) is 3.02. The van der Waals surface area contributed by atoms with Gasteiger partial charge in [-0.1, -0.05) is 26.0 Å². The van der Waals surface area contributed by atoms with Crippen molar-refractivity contribution in [1.82, 2.24) is 14.9 Å². The molecule has 0 saturated heterocycles. The summed E-state index contributed by atoms with van der Waals surface area (Å²) in [4.78, 5) is 4.60. The molecule has 0 saturated carbocycles. The Morgan fingerprint density at radius 2 is 2.17 bits per heavy atom. The number of fused-ring (bicyclic) bond motifs is 1. The Morgan fingerprint density at radius 3 is 2.83 bits per heavy atom.